The van der Waals surface area contributed by atoms with Gasteiger partial charge in [-0.05, 0) is 66.9 Å². The average Bonchev–Trinajstić information content (AvgIpc) is 3.15. The normalized spacial score (nSPS) is 16.6. The van der Waals surface area contributed by atoms with E-state index >= 15 is 0 Å². The van der Waals surface area contributed by atoms with Crippen LogP contribution in [0.25, 0.3) is 5.76 Å². The van der Waals surface area contributed by atoms with Gasteiger partial charge in [0, 0.05) is 18.2 Å². The number of aryl methyl sites for hydroxylation is 1. The van der Waals surface area contributed by atoms with Crippen LogP contribution >= 0.6 is 11.6 Å². The summed E-state index contributed by atoms with van der Waals surface area (Å²) >= 11 is 6.21. The van der Waals surface area contributed by atoms with E-state index in [1.807, 2.05) is 19.1 Å². The molecule has 1 N–H and O–H groups in total. The largest absolute Gasteiger partial charge is 0.507 e. The molecule has 7 nitrogen and oxygen atoms in total. The number of ether oxygens (including phenoxy) is 2. The molecular formula is C29H26ClNO6. The molecule has 0 aliphatic carbocycles. The van der Waals surface area contributed by atoms with Gasteiger partial charge in [0.05, 0.1) is 23.2 Å². The van der Waals surface area contributed by atoms with Gasteiger partial charge in [-0.2, -0.15) is 0 Å². The number of Topliss-reactive ketones (excluding diaryl/α,β-unsaturated/α-hetero) is 1. The predicted octanol–water partition coefficient (Wildman–Crippen LogP) is 5.85. The number of esters is 1. The van der Waals surface area contributed by atoms with E-state index in [9.17, 15) is 19.5 Å². The van der Waals surface area contributed by atoms with Crippen LogP contribution < -0.4 is 14.4 Å². The number of carbonyl (C=O) groups excluding carboxylic acids is 3. The van der Waals surface area contributed by atoms with Crippen molar-refractivity contribution < 1.29 is 29.0 Å². The van der Waals surface area contributed by atoms with E-state index in [1.54, 1.807) is 55.5 Å². The molecule has 0 bridgehead atoms. The molecule has 1 atom stereocenters. The minimum Gasteiger partial charge on any atom is -0.507 e. The van der Waals surface area contributed by atoms with E-state index in [-0.39, 0.29) is 16.9 Å². The summed E-state index contributed by atoms with van der Waals surface area (Å²) in [6.07, 6.45) is 0.818. The number of hydrogen-bond acceptors (Lipinski definition) is 6. The average molecular weight is 520 g/mol. The zero-order valence-corrected chi connectivity index (χ0v) is 21.4. The number of anilines is 1. The molecule has 190 valence electrons. The molecule has 0 saturated carbocycles. The lowest BCUT2D eigenvalue weighted by Gasteiger charge is -2.26. The standard InChI is InChI=1S/C29H26ClNO6/c1-4-18-6-11-21(12-7-18)31-26(19-8-13-22(14-9-19)37-17(3)32)25(28(34)29(31)35)27(33)20-10-15-23(30)24(16-20)36-5-2/h6-16,26,33H,4-5H2,1-3H3/b27-25-. The topological polar surface area (TPSA) is 93.1 Å². The van der Waals surface area contributed by atoms with Crippen molar-refractivity contribution in [2.45, 2.75) is 33.2 Å². The number of rotatable bonds is 7. The molecule has 1 heterocycles. The molecule has 3 aromatic carbocycles. The van der Waals surface area contributed by atoms with Gasteiger partial charge in [-0.25, -0.2) is 0 Å². The molecule has 4 rings (SSSR count). The van der Waals surface area contributed by atoms with Crippen LogP contribution in [0.2, 0.25) is 5.02 Å². The Hall–Kier alpha value is -4.10. The van der Waals surface area contributed by atoms with Crippen LogP contribution in [0.3, 0.4) is 0 Å². The maximum atomic E-state index is 13.4. The van der Waals surface area contributed by atoms with E-state index < -0.39 is 23.7 Å². The molecule has 3 aromatic rings. The first-order valence-corrected chi connectivity index (χ1v) is 12.2. The Kier molecular flexibility index (Phi) is 7.64. The van der Waals surface area contributed by atoms with Crippen LogP contribution in [0.1, 0.15) is 43.5 Å². The Morgan fingerprint density at radius 2 is 1.68 bits per heavy atom. The lowest BCUT2D eigenvalue weighted by molar-refractivity contribution is -0.132. The first kappa shape index (κ1) is 26.0. The van der Waals surface area contributed by atoms with Gasteiger partial charge >= 0.3 is 5.97 Å². The van der Waals surface area contributed by atoms with Crippen molar-refractivity contribution in [3.05, 3.63) is 94.0 Å². The van der Waals surface area contributed by atoms with E-state index in [2.05, 4.69) is 0 Å². The number of ketones is 1. The zero-order valence-electron chi connectivity index (χ0n) is 20.7. The second kappa shape index (κ2) is 10.9. The van der Waals surface area contributed by atoms with Crippen molar-refractivity contribution in [1.29, 1.82) is 0 Å². The number of halogens is 1. The monoisotopic (exact) mass is 519 g/mol. The molecule has 1 aliphatic heterocycles. The maximum Gasteiger partial charge on any atom is 0.308 e. The van der Waals surface area contributed by atoms with Gasteiger partial charge in [-0.3, -0.25) is 19.3 Å². The third kappa shape index (κ3) is 5.22. The van der Waals surface area contributed by atoms with Crippen molar-refractivity contribution in [2.75, 3.05) is 11.5 Å². The zero-order chi connectivity index (χ0) is 26.7. The smallest absolute Gasteiger partial charge is 0.308 e. The Labute approximate surface area is 219 Å². The summed E-state index contributed by atoms with van der Waals surface area (Å²) < 4.78 is 10.7. The maximum absolute atomic E-state index is 13.4. The Morgan fingerprint density at radius 1 is 1.00 bits per heavy atom. The van der Waals surface area contributed by atoms with E-state index in [4.69, 9.17) is 21.1 Å². The van der Waals surface area contributed by atoms with Crippen molar-refractivity contribution in [1.82, 2.24) is 0 Å². The highest BCUT2D eigenvalue weighted by Crippen LogP contribution is 2.43. The Balaban J connectivity index is 1.89. The highest BCUT2D eigenvalue weighted by atomic mass is 35.5. The third-order valence-corrected chi connectivity index (χ3v) is 6.34. The molecule has 0 aromatic heterocycles. The van der Waals surface area contributed by atoms with Crippen molar-refractivity contribution in [3.8, 4) is 11.5 Å². The summed E-state index contributed by atoms with van der Waals surface area (Å²) in [5.41, 5.74) is 2.35. The molecule has 1 aliphatic rings. The van der Waals surface area contributed by atoms with Gasteiger partial charge in [-0.15, -0.1) is 0 Å². The highest BCUT2D eigenvalue weighted by molar-refractivity contribution is 6.51. The van der Waals surface area contributed by atoms with Gasteiger partial charge in [0.2, 0.25) is 0 Å². The first-order chi connectivity index (χ1) is 17.7. The van der Waals surface area contributed by atoms with Crippen LogP contribution in [0.5, 0.6) is 11.5 Å². The van der Waals surface area contributed by atoms with E-state index in [0.717, 1.165) is 12.0 Å². The predicted molar refractivity (Wildman–Crippen MR) is 141 cm³/mol. The van der Waals surface area contributed by atoms with Gasteiger partial charge in [0.25, 0.3) is 11.7 Å². The lowest BCUT2D eigenvalue weighted by Crippen LogP contribution is -2.29. The van der Waals surface area contributed by atoms with Crippen LogP contribution in [0.4, 0.5) is 5.69 Å². The fraction of sp³-hybridized carbons (Fsp3) is 0.207. The second-order valence-corrected chi connectivity index (χ2v) is 8.84. The quantitative estimate of drug-likeness (QED) is 0.138. The van der Waals surface area contributed by atoms with Crippen LogP contribution in [0, 0.1) is 0 Å². The van der Waals surface area contributed by atoms with Crippen LogP contribution in [-0.2, 0) is 20.8 Å². The minimum absolute atomic E-state index is 0.0745. The van der Waals surface area contributed by atoms with Gasteiger partial charge in [-0.1, -0.05) is 42.8 Å². The lowest BCUT2D eigenvalue weighted by atomic mass is 9.95. The molecule has 1 saturated heterocycles. The summed E-state index contributed by atoms with van der Waals surface area (Å²) in [6.45, 7) is 5.48. The summed E-state index contributed by atoms with van der Waals surface area (Å²) in [6, 6.07) is 17.5. The number of aliphatic hydroxyl groups is 1. The number of hydrogen-bond donors (Lipinski definition) is 1. The number of carbonyl (C=O) groups is 3. The molecule has 37 heavy (non-hydrogen) atoms. The third-order valence-electron chi connectivity index (χ3n) is 6.03. The molecule has 1 unspecified atom stereocenters. The van der Waals surface area contributed by atoms with Gasteiger partial charge in [0.15, 0.2) is 0 Å². The highest BCUT2D eigenvalue weighted by Gasteiger charge is 2.47. The van der Waals surface area contributed by atoms with Crippen molar-refractivity contribution in [2.24, 2.45) is 0 Å². The van der Waals surface area contributed by atoms with Crippen LogP contribution in [0.15, 0.2) is 72.3 Å². The first-order valence-electron chi connectivity index (χ1n) is 11.9. The fourth-order valence-corrected chi connectivity index (χ4v) is 4.43. The summed E-state index contributed by atoms with van der Waals surface area (Å²) in [7, 11) is 0. The van der Waals surface area contributed by atoms with Gasteiger partial charge in [0.1, 0.15) is 17.3 Å². The second-order valence-electron chi connectivity index (χ2n) is 8.43. The Bertz CT molecular complexity index is 1380. The molecule has 0 radical (unpaired) electrons. The Morgan fingerprint density at radius 3 is 2.27 bits per heavy atom. The van der Waals surface area contributed by atoms with Crippen molar-refractivity contribution in [3.63, 3.8) is 0 Å². The molecular weight excluding hydrogens is 494 g/mol. The summed E-state index contributed by atoms with van der Waals surface area (Å²) in [4.78, 5) is 39.4. The molecule has 8 heteroatoms. The van der Waals surface area contributed by atoms with Gasteiger partial charge < -0.3 is 14.6 Å². The van der Waals surface area contributed by atoms with Crippen molar-refractivity contribution >= 4 is 40.7 Å². The number of aliphatic hydroxyl groups excluding tert-OH is 1. The van der Waals surface area contributed by atoms with E-state index in [0.29, 0.717) is 34.4 Å². The summed E-state index contributed by atoms with van der Waals surface area (Å²) in [5, 5.41) is 11.7. The number of amides is 1. The number of nitrogens with zero attached hydrogens (tertiary/aromatic N) is 1. The van der Waals surface area contributed by atoms with E-state index in [1.165, 1.54) is 17.9 Å². The number of benzene rings is 3. The molecule has 0 spiro atoms. The molecule has 1 amide bonds. The van der Waals surface area contributed by atoms with Crippen LogP contribution in [-0.4, -0.2) is 29.4 Å². The summed E-state index contributed by atoms with van der Waals surface area (Å²) in [5.74, 6) is -1.74. The minimum atomic E-state index is -0.926. The molecule has 1 fully saturated rings. The SMILES string of the molecule is CCOc1cc(/C(O)=C2/C(=O)C(=O)N(c3ccc(CC)cc3)C2c2ccc(OC(C)=O)cc2)ccc1Cl. The fourth-order valence-electron chi connectivity index (χ4n) is 4.26.